The molecule has 0 bridgehead atoms. The van der Waals surface area contributed by atoms with Crippen molar-refractivity contribution in [2.75, 3.05) is 5.43 Å². The molecule has 4 N–H and O–H groups in total. The van der Waals surface area contributed by atoms with Gasteiger partial charge >= 0.3 is 11.9 Å². The van der Waals surface area contributed by atoms with Gasteiger partial charge in [0.1, 0.15) is 5.70 Å². The third-order valence-corrected chi connectivity index (χ3v) is 3.06. The van der Waals surface area contributed by atoms with E-state index in [1.165, 1.54) is 6.08 Å². The third-order valence-electron chi connectivity index (χ3n) is 2.14. The second-order valence-electron chi connectivity index (χ2n) is 3.76. The topological polar surface area (TPSA) is 98.7 Å². The maximum Gasteiger partial charge on any atom is 0.353 e. The molecule has 1 rings (SSSR count). The summed E-state index contributed by atoms with van der Waals surface area (Å²) in [7, 11) is 0. The molecule has 0 saturated heterocycles. The number of allylic oxidation sites excluding steroid dienone is 1. The van der Waals surface area contributed by atoms with Crippen LogP contribution in [0.3, 0.4) is 0 Å². The van der Waals surface area contributed by atoms with E-state index in [2.05, 4.69) is 42.7 Å². The van der Waals surface area contributed by atoms with Gasteiger partial charge in [-0.25, -0.2) is 4.79 Å². The third kappa shape index (κ3) is 6.07. The van der Waals surface area contributed by atoms with Gasteiger partial charge in [-0.1, -0.05) is 37.9 Å². The van der Waals surface area contributed by atoms with Crippen molar-refractivity contribution in [3.8, 4) is 0 Å². The number of halogens is 2. The van der Waals surface area contributed by atoms with Gasteiger partial charge in [0.15, 0.2) is 0 Å². The maximum atomic E-state index is 11.0. The first-order valence-electron chi connectivity index (χ1n) is 5.52. The molecular formula is C12H12Br2N2O4. The van der Waals surface area contributed by atoms with Crippen molar-refractivity contribution in [3.63, 3.8) is 0 Å². The minimum absolute atomic E-state index is 0.109. The quantitative estimate of drug-likeness (QED) is 0.409. The molecule has 1 aromatic rings. The van der Waals surface area contributed by atoms with Crippen LogP contribution >= 0.6 is 31.9 Å². The minimum Gasteiger partial charge on any atom is -0.481 e. The molecule has 0 spiro atoms. The molecule has 0 saturated carbocycles. The van der Waals surface area contributed by atoms with Crippen molar-refractivity contribution in [1.82, 2.24) is 5.43 Å². The Morgan fingerprint density at radius 2 is 1.75 bits per heavy atom. The van der Waals surface area contributed by atoms with Crippen LogP contribution in [0.4, 0.5) is 5.69 Å². The van der Waals surface area contributed by atoms with Crippen LogP contribution in [0.5, 0.6) is 0 Å². The molecular weight excluding hydrogens is 396 g/mol. The minimum atomic E-state index is -1.17. The molecule has 108 valence electrons. The van der Waals surface area contributed by atoms with Gasteiger partial charge in [0.2, 0.25) is 0 Å². The number of carboxylic acid groups (broad SMARTS) is 2. The summed E-state index contributed by atoms with van der Waals surface area (Å²) < 4.78 is 1.64. The van der Waals surface area contributed by atoms with Crippen molar-refractivity contribution >= 4 is 49.5 Å². The van der Waals surface area contributed by atoms with Crippen LogP contribution in [0.15, 0.2) is 38.9 Å². The lowest BCUT2D eigenvalue weighted by Gasteiger charge is -2.11. The summed E-state index contributed by atoms with van der Waals surface area (Å²) in [5.74, 6) is -2.15. The predicted molar refractivity (Wildman–Crippen MR) is 81.2 cm³/mol. The van der Waals surface area contributed by atoms with Crippen LogP contribution in [0.25, 0.3) is 0 Å². The Morgan fingerprint density at radius 1 is 1.15 bits per heavy atom. The molecule has 20 heavy (non-hydrogen) atoms. The Labute approximate surface area is 132 Å². The monoisotopic (exact) mass is 406 g/mol. The van der Waals surface area contributed by atoms with E-state index in [4.69, 9.17) is 10.2 Å². The zero-order chi connectivity index (χ0) is 15.1. The van der Waals surface area contributed by atoms with E-state index in [0.29, 0.717) is 5.69 Å². The Hall–Kier alpha value is -1.54. The van der Waals surface area contributed by atoms with Crippen molar-refractivity contribution < 1.29 is 19.8 Å². The summed E-state index contributed by atoms with van der Waals surface area (Å²) in [5, 5.41) is 17.5. The predicted octanol–water partition coefficient (Wildman–Crippen LogP) is 2.96. The second-order valence-corrected chi connectivity index (χ2v) is 5.59. The standard InChI is InChI=1S/C12H12Br2N2O4/c13-7-4-8(14)6-9(5-7)15-16-10(12(19)20)2-1-3-11(17)18/h2,4-6,15-16H,1,3H2,(H,17,18)(H,19,20)/b10-2-. The van der Waals surface area contributed by atoms with Crippen molar-refractivity contribution in [2.45, 2.75) is 12.8 Å². The molecule has 6 nitrogen and oxygen atoms in total. The van der Waals surface area contributed by atoms with Crippen molar-refractivity contribution in [3.05, 3.63) is 38.9 Å². The fourth-order valence-electron chi connectivity index (χ4n) is 1.30. The highest BCUT2D eigenvalue weighted by atomic mass is 79.9. The summed E-state index contributed by atoms with van der Waals surface area (Å²) >= 11 is 6.63. The molecule has 0 radical (unpaired) electrons. The molecule has 0 heterocycles. The van der Waals surface area contributed by atoms with Gasteiger partial charge in [-0.3, -0.25) is 10.2 Å². The molecule has 8 heteroatoms. The lowest BCUT2D eigenvalue weighted by atomic mass is 10.2. The SMILES string of the molecule is O=C(O)CC/C=C(\NNc1cc(Br)cc(Br)c1)C(=O)O. The molecule has 0 aliphatic rings. The Kier molecular flexibility index (Phi) is 6.53. The lowest BCUT2D eigenvalue weighted by Crippen LogP contribution is -2.26. The zero-order valence-corrected chi connectivity index (χ0v) is 13.4. The van der Waals surface area contributed by atoms with Gasteiger partial charge < -0.3 is 15.6 Å². The van der Waals surface area contributed by atoms with Crippen LogP contribution in [0.1, 0.15) is 12.8 Å². The molecule has 0 amide bonds. The van der Waals surface area contributed by atoms with Crippen molar-refractivity contribution in [2.24, 2.45) is 0 Å². The fourth-order valence-corrected chi connectivity index (χ4v) is 2.59. The van der Waals surface area contributed by atoms with Crippen LogP contribution in [-0.4, -0.2) is 22.2 Å². The molecule has 0 aliphatic heterocycles. The molecule has 1 aromatic carbocycles. The van der Waals surface area contributed by atoms with Crippen LogP contribution < -0.4 is 10.9 Å². The summed E-state index contributed by atoms with van der Waals surface area (Å²) in [6.45, 7) is 0. The number of hydrazine groups is 1. The number of hydrogen-bond donors (Lipinski definition) is 4. The highest BCUT2D eigenvalue weighted by Gasteiger charge is 2.07. The van der Waals surface area contributed by atoms with Gasteiger partial charge in [-0.05, 0) is 24.6 Å². The van der Waals surface area contributed by atoms with E-state index in [9.17, 15) is 9.59 Å². The highest BCUT2D eigenvalue weighted by molar-refractivity contribution is 9.11. The number of anilines is 1. The van der Waals surface area contributed by atoms with Crippen LogP contribution in [0.2, 0.25) is 0 Å². The largest absolute Gasteiger partial charge is 0.481 e. The second kappa shape index (κ2) is 7.91. The number of benzene rings is 1. The number of rotatable bonds is 7. The summed E-state index contributed by atoms with van der Waals surface area (Å²) in [6.07, 6.45) is 1.32. The van der Waals surface area contributed by atoms with Gasteiger partial charge in [0, 0.05) is 15.4 Å². The first-order chi connectivity index (χ1) is 9.38. The smallest absolute Gasteiger partial charge is 0.353 e. The van der Waals surface area contributed by atoms with Crippen molar-refractivity contribution in [1.29, 1.82) is 0 Å². The fraction of sp³-hybridized carbons (Fsp3) is 0.167. The first kappa shape index (κ1) is 16.5. The van der Waals surface area contributed by atoms with Gasteiger partial charge in [0.05, 0.1) is 5.69 Å². The van der Waals surface area contributed by atoms with Gasteiger partial charge in [-0.15, -0.1) is 0 Å². The molecule has 0 unspecified atom stereocenters. The van der Waals surface area contributed by atoms with E-state index in [1.54, 1.807) is 12.1 Å². The average molecular weight is 408 g/mol. The van der Waals surface area contributed by atoms with E-state index in [0.717, 1.165) is 8.95 Å². The lowest BCUT2D eigenvalue weighted by molar-refractivity contribution is -0.137. The molecule has 0 atom stereocenters. The highest BCUT2D eigenvalue weighted by Crippen LogP contribution is 2.22. The first-order valence-corrected chi connectivity index (χ1v) is 7.10. The molecule has 0 fully saturated rings. The van der Waals surface area contributed by atoms with Crippen LogP contribution in [0, 0.1) is 0 Å². The Balaban J connectivity index is 2.67. The van der Waals surface area contributed by atoms with E-state index < -0.39 is 11.9 Å². The Morgan fingerprint density at radius 3 is 2.25 bits per heavy atom. The number of carbonyl (C=O) groups is 2. The number of aliphatic carboxylic acids is 2. The Bertz CT molecular complexity index is 526. The van der Waals surface area contributed by atoms with Crippen LogP contribution in [-0.2, 0) is 9.59 Å². The molecule has 0 aromatic heterocycles. The summed E-state index contributed by atoms with van der Waals surface area (Å²) in [6, 6.07) is 5.36. The van der Waals surface area contributed by atoms with E-state index >= 15 is 0 Å². The van der Waals surface area contributed by atoms with Gasteiger partial charge in [0.25, 0.3) is 0 Å². The zero-order valence-electron chi connectivity index (χ0n) is 10.2. The van der Waals surface area contributed by atoms with E-state index in [-0.39, 0.29) is 18.5 Å². The summed E-state index contributed by atoms with van der Waals surface area (Å²) in [5.41, 5.74) is 5.82. The van der Waals surface area contributed by atoms with Gasteiger partial charge in [-0.2, -0.15) is 0 Å². The van der Waals surface area contributed by atoms with E-state index in [1.807, 2.05) is 6.07 Å². The number of carboxylic acids is 2. The normalized spacial score (nSPS) is 11.0. The average Bonchev–Trinajstić information content (AvgIpc) is 2.31. The molecule has 0 aliphatic carbocycles. The summed E-state index contributed by atoms with van der Waals surface area (Å²) in [4.78, 5) is 21.4. The number of nitrogens with one attached hydrogen (secondary N) is 2. The maximum absolute atomic E-state index is 11.0. The number of hydrogen-bond acceptors (Lipinski definition) is 4.